The molecule has 0 N–H and O–H groups in total. The zero-order valence-corrected chi connectivity index (χ0v) is 18.4. The number of carbonyl (C=O) groups excluding carboxylic acids is 1. The van der Waals surface area contributed by atoms with E-state index in [4.69, 9.17) is 4.74 Å². The van der Waals surface area contributed by atoms with Crippen molar-refractivity contribution in [3.8, 4) is 5.75 Å². The molecule has 0 spiro atoms. The molecule has 2 aromatic carbocycles. The van der Waals surface area contributed by atoms with Gasteiger partial charge in [0.15, 0.2) is 0 Å². The van der Waals surface area contributed by atoms with E-state index in [2.05, 4.69) is 4.98 Å². The molecule has 1 aliphatic heterocycles. The van der Waals surface area contributed by atoms with Crippen molar-refractivity contribution in [3.05, 3.63) is 76.2 Å². The fourth-order valence-corrected chi connectivity index (χ4v) is 5.40. The second-order valence-corrected chi connectivity index (χ2v) is 9.84. The van der Waals surface area contributed by atoms with E-state index in [-0.39, 0.29) is 55.1 Å². The van der Waals surface area contributed by atoms with Gasteiger partial charge in [-0.05, 0) is 36.4 Å². The van der Waals surface area contributed by atoms with Gasteiger partial charge in [0.2, 0.25) is 10.0 Å². The van der Waals surface area contributed by atoms with Gasteiger partial charge in [-0.1, -0.05) is 12.1 Å². The number of halogens is 2. The van der Waals surface area contributed by atoms with E-state index in [1.54, 1.807) is 5.38 Å². The second kappa shape index (κ2) is 9.31. The highest BCUT2D eigenvalue weighted by Crippen LogP contribution is 2.22. The molecule has 32 heavy (non-hydrogen) atoms. The number of hydrogen-bond donors (Lipinski definition) is 0. The van der Waals surface area contributed by atoms with Crippen LogP contribution in [-0.4, -0.2) is 54.7 Å². The minimum absolute atomic E-state index is 0.0626. The molecule has 0 aliphatic carbocycles. The zero-order valence-electron chi connectivity index (χ0n) is 16.8. The van der Waals surface area contributed by atoms with Gasteiger partial charge in [0.25, 0.3) is 5.91 Å². The highest BCUT2D eigenvalue weighted by Gasteiger charge is 2.32. The molecule has 1 amide bonds. The van der Waals surface area contributed by atoms with Crippen molar-refractivity contribution in [1.29, 1.82) is 0 Å². The lowest BCUT2D eigenvalue weighted by atomic mass is 10.3. The van der Waals surface area contributed by atoms with Crippen LogP contribution < -0.4 is 4.74 Å². The maximum Gasteiger partial charge on any atom is 0.273 e. The molecule has 0 saturated carbocycles. The first kappa shape index (κ1) is 22.3. The third kappa shape index (κ3) is 4.79. The van der Waals surface area contributed by atoms with Gasteiger partial charge in [0.1, 0.15) is 39.6 Å². The molecule has 0 bridgehead atoms. The van der Waals surface area contributed by atoms with E-state index in [0.717, 1.165) is 6.07 Å². The molecule has 168 valence electrons. The number of sulfonamides is 1. The summed E-state index contributed by atoms with van der Waals surface area (Å²) >= 11 is 1.26. The number of thiazole rings is 1. The largest absolute Gasteiger partial charge is 0.486 e. The lowest BCUT2D eigenvalue weighted by molar-refractivity contribution is 0.0692. The Morgan fingerprint density at radius 2 is 1.72 bits per heavy atom. The quantitative estimate of drug-likeness (QED) is 0.543. The second-order valence-electron chi connectivity index (χ2n) is 7.00. The van der Waals surface area contributed by atoms with Crippen LogP contribution in [-0.2, 0) is 16.6 Å². The van der Waals surface area contributed by atoms with E-state index in [0.29, 0.717) is 10.8 Å². The average molecular weight is 480 g/mol. The van der Waals surface area contributed by atoms with Gasteiger partial charge < -0.3 is 9.64 Å². The molecule has 3 aromatic rings. The van der Waals surface area contributed by atoms with Crippen molar-refractivity contribution < 1.29 is 26.7 Å². The summed E-state index contributed by atoms with van der Waals surface area (Å²) in [6.07, 6.45) is 0. The number of amides is 1. The third-order valence-corrected chi connectivity index (χ3v) is 7.68. The summed E-state index contributed by atoms with van der Waals surface area (Å²) in [4.78, 5) is 18.2. The van der Waals surface area contributed by atoms with E-state index < -0.39 is 15.8 Å². The summed E-state index contributed by atoms with van der Waals surface area (Å²) in [6, 6.07) is 10.8. The van der Waals surface area contributed by atoms with Crippen molar-refractivity contribution in [2.24, 2.45) is 0 Å². The molecule has 0 radical (unpaired) electrons. The van der Waals surface area contributed by atoms with Gasteiger partial charge in [0.05, 0.1) is 0 Å². The number of nitrogens with zero attached hydrogens (tertiary/aromatic N) is 3. The van der Waals surface area contributed by atoms with Crippen molar-refractivity contribution in [2.45, 2.75) is 11.5 Å². The van der Waals surface area contributed by atoms with E-state index >= 15 is 0 Å². The van der Waals surface area contributed by atoms with Crippen molar-refractivity contribution in [2.75, 3.05) is 26.2 Å². The first-order chi connectivity index (χ1) is 15.3. The summed E-state index contributed by atoms with van der Waals surface area (Å²) < 4.78 is 59.0. The SMILES string of the molecule is O=C(c1csc(COc2ccc(F)cc2)n1)N1CCN(S(=O)(=O)c2ccccc2F)CC1. The number of aromatic nitrogens is 1. The van der Waals surface area contributed by atoms with Crippen LogP contribution >= 0.6 is 11.3 Å². The highest BCUT2D eigenvalue weighted by atomic mass is 32.2. The minimum atomic E-state index is -3.97. The Kier molecular flexibility index (Phi) is 6.49. The number of piperazine rings is 1. The van der Waals surface area contributed by atoms with Crippen LogP contribution in [0.5, 0.6) is 5.75 Å². The van der Waals surface area contributed by atoms with E-state index in [9.17, 15) is 22.0 Å². The van der Waals surface area contributed by atoms with Gasteiger partial charge in [-0.2, -0.15) is 4.31 Å². The lowest BCUT2D eigenvalue weighted by Gasteiger charge is -2.33. The van der Waals surface area contributed by atoms with Gasteiger partial charge in [-0.3, -0.25) is 4.79 Å². The Labute approximate surface area is 187 Å². The third-order valence-electron chi connectivity index (χ3n) is 4.93. The Balaban J connectivity index is 1.34. The molecule has 0 unspecified atom stereocenters. The molecular weight excluding hydrogens is 460 g/mol. The van der Waals surface area contributed by atoms with Crippen LogP contribution in [0.2, 0.25) is 0 Å². The summed E-state index contributed by atoms with van der Waals surface area (Å²) in [5.41, 5.74) is 0.248. The monoisotopic (exact) mass is 479 g/mol. The molecule has 1 fully saturated rings. The lowest BCUT2D eigenvalue weighted by Crippen LogP contribution is -2.50. The number of hydrogen-bond acceptors (Lipinski definition) is 6. The Morgan fingerprint density at radius 3 is 2.41 bits per heavy atom. The predicted molar refractivity (Wildman–Crippen MR) is 114 cm³/mol. The molecular formula is C21H19F2N3O4S2. The van der Waals surface area contributed by atoms with Gasteiger partial charge in [-0.15, -0.1) is 11.3 Å². The standard InChI is InChI=1S/C21H19F2N3O4S2/c22-15-5-7-16(8-6-15)30-13-20-24-18(14-31-20)21(27)25-9-11-26(12-10-25)32(28,29)19-4-2-1-3-17(19)23/h1-8,14H,9-13H2. The van der Waals surface area contributed by atoms with Gasteiger partial charge in [-0.25, -0.2) is 22.2 Å². The fraction of sp³-hybridized carbons (Fsp3) is 0.238. The maximum absolute atomic E-state index is 14.0. The molecule has 4 rings (SSSR count). The highest BCUT2D eigenvalue weighted by molar-refractivity contribution is 7.89. The van der Waals surface area contributed by atoms with Crippen molar-refractivity contribution in [3.63, 3.8) is 0 Å². The van der Waals surface area contributed by atoms with Crippen molar-refractivity contribution >= 4 is 27.3 Å². The van der Waals surface area contributed by atoms with Crippen molar-refractivity contribution in [1.82, 2.24) is 14.2 Å². The van der Waals surface area contributed by atoms with Crippen LogP contribution in [0, 0.1) is 11.6 Å². The summed E-state index contributed by atoms with van der Waals surface area (Å²) in [5, 5.41) is 2.20. The molecule has 0 atom stereocenters. The van der Waals surface area contributed by atoms with Crippen LogP contribution in [0.3, 0.4) is 0 Å². The smallest absolute Gasteiger partial charge is 0.273 e. The zero-order chi connectivity index (χ0) is 22.7. The van der Waals surface area contributed by atoms with Crippen LogP contribution in [0.4, 0.5) is 8.78 Å². The normalized spacial score (nSPS) is 15.0. The summed E-state index contributed by atoms with van der Waals surface area (Å²) in [5.74, 6) is -0.982. The maximum atomic E-state index is 14.0. The van der Waals surface area contributed by atoms with Crippen LogP contribution in [0.15, 0.2) is 58.8 Å². The Morgan fingerprint density at radius 1 is 1.03 bits per heavy atom. The molecule has 1 aliphatic rings. The molecule has 11 heteroatoms. The summed E-state index contributed by atoms with van der Waals surface area (Å²) in [6.45, 7) is 0.606. The first-order valence-corrected chi connectivity index (χ1v) is 12.0. The number of carbonyl (C=O) groups is 1. The Bertz CT molecular complexity index is 1210. The fourth-order valence-electron chi connectivity index (χ4n) is 3.24. The molecule has 2 heterocycles. The number of benzene rings is 2. The average Bonchev–Trinajstić information content (AvgIpc) is 3.27. The van der Waals surface area contributed by atoms with E-state index in [1.165, 1.54) is 63.0 Å². The van der Waals surface area contributed by atoms with Gasteiger partial charge >= 0.3 is 0 Å². The van der Waals surface area contributed by atoms with Gasteiger partial charge in [0, 0.05) is 31.6 Å². The topological polar surface area (TPSA) is 79.8 Å². The molecule has 7 nitrogen and oxygen atoms in total. The molecule has 1 aromatic heterocycles. The molecule has 1 saturated heterocycles. The minimum Gasteiger partial charge on any atom is -0.486 e. The Hall–Kier alpha value is -2.89. The van der Waals surface area contributed by atoms with E-state index in [1.807, 2.05) is 0 Å². The first-order valence-electron chi connectivity index (χ1n) is 9.71. The van der Waals surface area contributed by atoms with Crippen LogP contribution in [0.1, 0.15) is 15.5 Å². The van der Waals surface area contributed by atoms with Crippen LogP contribution in [0.25, 0.3) is 0 Å². The summed E-state index contributed by atoms with van der Waals surface area (Å²) in [7, 11) is -3.97. The predicted octanol–water partition coefficient (Wildman–Crippen LogP) is 3.15. The number of ether oxygens (including phenoxy) is 1. The number of rotatable bonds is 6.